The van der Waals surface area contributed by atoms with E-state index in [-0.39, 0.29) is 17.9 Å². The van der Waals surface area contributed by atoms with E-state index < -0.39 is 5.97 Å². The Bertz CT molecular complexity index is 331. The number of urea groups is 1. The van der Waals surface area contributed by atoms with Crippen LogP contribution in [0.3, 0.4) is 0 Å². The molecular weight excluding hydrogens is 244 g/mol. The topological polar surface area (TPSA) is 69.6 Å². The summed E-state index contributed by atoms with van der Waals surface area (Å²) in [7, 11) is 1.75. The Balaban J connectivity index is 2.29. The number of hydrogen-bond acceptors (Lipinski definition) is 2. The van der Waals surface area contributed by atoms with Crippen LogP contribution < -0.4 is 5.32 Å². The van der Waals surface area contributed by atoms with Crippen molar-refractivity contribution in [2.24, 2.45) is 11.8 Å². The third-order valence-electron chi connectivity index (χ3n) is 3.74. The van der Waals surface area contributed by atoms with Gasteiger partial charge in [0.2, 0.25) is 0 Å². The fourth-order valence-corrected chi connectivity index (χ4v) is 2.53. The highest BCUT2D eigenvalue weighted by Crippen LogP contribution is 2.31. The van der Waals surface area contributed by atoms with Gasteiger partial charge < -0.3 is 15.3 Å². The van der Waals surface area contributed by atoms with E-state index in [4.69, 9.17) is 5.11 Å². The van der Waals surface area contributed by atoms with Gasteiger partial charge >= 0.3 is 12.0 Å². The molecule has 2 N–H and O–H groups in total. The Morgan fingerprint density at radius 2 is 2.21 bits per heavy atom. The number of nitrogens with zero attached hydrogens (tertiary/aromatic N) is 1. The van der Waals surface area contributed by atoms with Gasteiger partial charge in [0.1, 0.15) is 0 Å². The number of aliphatic carboxylic acids is 1. The van der Waals surface area contributed by atoms with Crippen molar-refractivity contribution in [3.63, 3.8) is 0 Å². The minimum atomic E-state index is -0.740. The van der Waals surface area contributed by atoms with Crippen molar-refractivity contribution >= 4 is 12.0 Å². The molecule has 0 aromatic heterocycles. The van der Waals surface area contributed by atoms with Gasteiger partial charge in [0.05, 0.1) is 5.92 Å². The summed E-state index contributed by atoms with van der Waals surface area (Å²) in [5.41, 5.74) is 0. The van der Waals surface area contributed by atoms with Crippen LogP contribution in [0.5, 0.6) is 0 Å². The quantitative estimate of drug-likeness (QED) is 0.548. The zero-order valence-corrected chi connectivity index (χ0v) is 11.6. The minimum absolute atomic E-state index is 0.0722. The van der Waals surface area contributed by atoms with E-state index in [9.17, 15) is 9.59 Å². The van der Waals surface area contributed by atoms with E-state index in [1.165, 1.54) is 0 Å². The first-order valence-electron chi connectivity index (χ1n) is 6.89. The van der Waals surface area contributed by atoms with Crippen LogP contribution >= 0.6 is 0 Å². The average molecular weight is 268 g/mol. The van der Waals surface area contributed by atoms with Crippen LogP contribution in [0.15, 0.2) is 12.7 Å². The molecule has 0 bridgehead atoms. The summed E-state index contributed by atoms with van der Waals surface area (Å²) in [5.74, 6) is -0.967. The van der Waals surface area contributed by atoms with E-state index in [0.717, 1.165) is 32.1 Å². The summed E-state index contributed by atoms with van der Waals surface area (Å²) in [5, 5.41) is 11.9. The van der Waals surface area contributed by atoms with Crippen molar-refractivity contribution in [3.8, 4) is 0 Å². The van der Waals surface area contributed by atoms with Gasteiger partial charge in [-0.3, -0.25) is 4.79 Å². The highest BCUT2D eigenvalue weighted by molar-refractivity contribution is 5.74. The Hall–Kier alpha value is -1.52. The molecule has 0 aromatic carbocycles. The number of rotatable bonds is 7. The molecule has 0 aromatic rings. The first-order chi connectivity index (χ1) is 9.06. The smallest absolute Gasteiger partial charge is 0.317 e. The fraction of sp³-hybridized carbons (Fsp3) is 0.714. The largest absolute Gasteiger partial charge is 0.481 e. The molecule has 0 saturated heterocycles. The average Bonchev–Trinajstić information content (AvgIpc) is 2.84. The molecule has 1 aliphatic rings. The Labute approximate surface area is 114 Å². The first kappa shape index (κ1) is 15.5. The molecule has 0 radical (unpaired) electrons. The number of hydrogen-bond donors (Lipinski definition) is 2. The molecule has 1 fully saturated rings. The number of amides is 2. The van der Waals surface area contributed by atoms with Crippen LogP contribution in [0.2, 0.25) is 0 Å². The normalized spacial score (nSPS) is 21.9. The van der Waals surface area contributed by atoms with Gasteiger partial charge in [0.15, 0.2) is 0 Å². The van der Waals surface area contributed by atoms with E-state index in [0.29, 0.717) is 13.1 Å². The van der Waals surface area contributed by atoms with Crippen molar-refractivity contribution < 1.29 is 14.7 Å². The standard InChI is InChI=1S/C14H24N2O3/c1-3-4-5-9-16(2)14(19)15-10-11-7-6-8-12(11)13(17)18/h3,11-12H,1,4-10H2,2H3,(H,15,19)(H,17,18). The van der Waals surface area contributed by atoms with E-state index >= 15 is 0 Å². The maximum Gasteiger partial charge on any atom is 0.317 e. The van der Waals surface area contributed by atoms with Crippen LogP contribution in [0.1, 0.15) is 32.1 Å². The molecule has 1 aliphatic carbocycles. The van der Waals surface area contributed by atoms with E-state index in [1.807, 2.05) is 6.08 Å². The van der Waals surface area contributed by atoms with Crippen molar-refractivity contribution in [3.05, 3.63) is 12.7 Å². The highest BCUT2D eigenvalue weighted by atomic mass is 16.4. The lowest BCUT2D eigenvalue weighted by Gasteiger charge is -2.21. The lowest BCUT2D eigenvalue weighted by atomic mass is 9.96. The number of allylic oxidation sites excluding steroid dienone is 1. The maximum atomic E-state index is 11.8. The van der Waals surface area contributed by atoms with Gasteiger partial charge in [0.25, 0.3) is 0 Å². The number of carboxylic acids is 1. The Morgan fingerprint density at radius 3 is 2.84 bits per heavy atom. The Morgan fingerprint density at radius 1 is 1.47 bits per heavy atom. The van der Waals surface area contributed by atoms with Crippen LogP contribution in [-0.2, 0) is 4.79 Å². The van der Waals surface area contributed by atoms with Crippen LogP contribution in [0.25, 0.3) is 0 Å². The zero-order valence-electron chi connectivity index (χ0n) is 11.6. The molecule has 2 amide bonds. The predicted octanol–water partition coefficient (Wildman–Crippen LogP) is 2.09. The van der Waals surface area contributed by atoms with E-state index in [2.05, 4.69) is 11.9 Å². The zero-order chi connectivity index (χ0) is 14.3. The third kappa shape index (κ3) is 4.93. The summed E-state index contributed by atoms with van der Waals surface area (Å²) in [6.45, 7) is 4.79. The monoisotopic (exact) mass is 268 g/mol. The van der Waals surface area contributed by atoms with Gasteiger partial charge in [0, 0.05) is 20.1 Å². The molecule has 19 heavy (non-hydrogen) atoms. The molecule has 5 heteroatoms. The molecule has 1 saturated carbocycles. The maximum absolute atomic E-state index is 11.8. The summed E-state index contributed by atoms with van der Waals surface area (Å²) in [6, 6.07) is -0.125. The fourth-order valence-electron chi connectivity index (χ4n) is 2.53. The lowest BCUT2D eigenvalue weighted by molar-refractivity contribution is -0.142. The van der Waals surface area contributed by atoms with Crippen molar-refractivity contribution in [1.29, 1.82) is 0 Å². The van der Waals surface area contributed by atoms with Gasteiger partial charge in [-0.05, 0) is 31.6 Å². The van der Waals surface area contributed by atoms with Crippen molar-refractivity contribution in [2.45, 2.75) is 32.1 Å². The van der Waals surface area contributed by atoms with Crippen molar-refractivity contribution in [1.82, 2.24) is 10.2 Å². The number of carbonyl (C=O) groups is 2. The SMILES string of the molecule is C=CCCCN(C)C(=O)NCC1CCCC1C(=O)O. The molecule has 2 atom stereocenters. The van der Waals surface area contributed by atoms with Crippen LogP contribution in [-0.4, -0.2) is 42.1 Å². The molecule has 2 unspecified atom stereocenters. The van der Waals surface area contributed by atoms with Crippen LogP contribution in [0, 0.1) is 11.8 Å². The van der Waals surface area contributed by atoms with Gasteiger partial charge in [-0.25, -0.2) is 4.79 Å². The number of nitrogens with one attached hydrogen (secondary N) is 1. The minimum Gasteiger partial charge on any atom is -0.481 e. The van der Waals surface area contributed by atoms with Crippen LogP contribution in [0.4, 0.5) is 4.79 Å². The summed E-state index contributed by atoms with van der Waals surface area (Å²) in [4.78, 5) is 24.5. The van der Waals surface area contributed by atoms with Crippen molar-refractivity contribution in [2.75, 3.05) is 20.1 Å². The van der Waals surface area contributed by atoms with Gasteiger partial charge in [-0.15, -0.1) is 6.58 Å². The number of carboxylic acid groups (broad SMARTS) is 1. The molecule has 5 nitrogen and oxygen atoms in total. The molecule has 0 spiro atoms. The summed E-state index contributed by atoms with van der Waals surface area (Å²) < 4.78 is 0. The second-order valence-corrected chi connectivity index (χ2v) is 5.17. The number of carbonyl (C=O) groups excluding carboxylic acids is 1. The lowest BCUT2D eigenvalue weighted by Crippen LogP contribution is -2.41. The Kier molecular flexibility index (Phi) is 6.39. The van der Waals surface area contributed by atoms with Gasteiger partial charge in [-0.1, -0.05) is 12.5 Å². The summed E-state index contributed by atoms with van der Waals surface area (Å²) >= 11 is 0. The number of unbranched alkanes of at least 4 members (excludes halogenated alkanes) is 1. The third-order valence-corrected chi connectivity index (χ3v) is 3.74. The van der Waals surface area contributed by atoms with Gasteiger partial charge in [-0.2, -0.15) is 0 Å². The first-order valence-corrected chi connectivity index (χ1v) is 6.89. The molecule has 1 rings (SSSR count). The second kappa shape index (κ2) is 7.81. The molecule has 0 heterocycles. The van der Waals surface area contributed by atoms with E-state index in [1.54, 1.807) is 11.9 Å². The summed E-state index contributed by atoms with van der Waals surface area (Å²) in [6.07, 6.45) is 6.17. The molecular formula is C14H24N2O3. The predicted molar refractivity (Wildman–Crippen MR) is 73.9 cm³/mol. The molecule has 108 valence electrons. The highest BCUT2D eigenvalue weighted by Gasteiger charge is 2.32. The second-order valence-electron chi connectivity index (χ2n) is 5.17. The molecule has 0 aliphatic heterocycles.